The van der Waals surface area contributed by atoms with Gasteiger partial charge in [-0.05, 0) is 53.7 Å². The molecule has 0 spiro atoms. The highest BCUT2D eigenvalue weighted by Crippen LogP contribution is 2.25. The summed E-state index contributed by atoms with van der Waals surface area (Å²) in [6.45, 7) is 1.92. The second kappa shape index (κ2) is 9.92. The summed E-state index contributed by atoms with van der Waals surface area (Å²) in [5, 5.41) is 38.3. The lowest BCUT2D eigenvalue weighted by Gasteiger charge is -2.11. The lowest BCUT2D eigenvalue weighted by atomic mass is 10.1. The van der Waals surface area contributed by atoms with Crippen molar-refractivity contribution in [2.75, 3.05) is 11.2 Å². The van der Waals surface area contributed by atoms with Crippen molar-refractivity contribution in [1.29, 1.82) is 0 Å². The number of non-ortho nitro benzene ring substituents is 1. The molecule has 33 heavy (non-hydrogen) atoms. The number of anilines is 1. The number of hydrazone groups is 1. The van der Waals surface area contributed by atoms with Crippen molar-refractivity contribution >= 4 is 28.8 Å². The van der Waals surface area contributed by atoms with Crippen LogP contribution in [0, 0.1) is 17.0 Å². The van der Waals surface area contributed by atoms with Gasteiger partial charge in [-0.25, -0.2) is 0 Å². The minimum atomic E-state index is -0.461. The smallest absolute Gasteiger partial charge is 0.269 e. The number of nitro benzene ring substituents is 1. The SMILES string of the molecule is Cc1ccc(O)c(/C(CSc2nnnn2-c2ccccc2)=N/Nc2ccc([N+](=O)[O-])cc2)c1. The van der Waals surface area contributed by atoms with Crippen LogP contribution in [0.4, 0.5) is 11.4 Å². The fourth-order valence-corrected chi connectivity index (χ4v) is 3.82. The summed E-state index contributed by atoms with van der Waals surface area (Å²) in [6, 6.07) is 20.7. The minimum absolute atomic E-state index is 0.00983. The van der Waals surface area contributed by atoms with Gasteiger partial charge in [-0.3, -0.25) is 15.5 Å². The number of thioether (sulfide) groups is 1. The van der Waals surface area contributed by atoms with Crippen LogP contribution >= 0.6 is 11.8 Å². The fourth-order valence-electron chi connectivity index (χ4n) is 2.97. The number of rotatable bonds is 8. The molecule has 0 bridgehead atoms. The van der Waals surface area contributed by atoms with Gasteiger partial charge in [0.15, 0.2) is 0 Å². The van der Waals surface area contributed by atoms with Gasteiger partial charge in [0, 0.05) is 23.4 Å². The van der Waals surface area contributed by atoms with E-state index >= 15 is 0 Å². The predicted octanol–water partition coefficient (Wildman–Crippen LogP) is 4.19. The Balaban J connectivity index is 1.60. The van der Waals surface area contributed by atoms with Gasteiger partial charge in [0.2, 0.25) is 5.16 Å². The van der Waals surface area contributed by atoms with Crippen LogP contribution in [0.15, 0.2) is 83.1 Å². The van der Waals surface area contributed by atoms with Crippen molar-refractivity contribution in [2.45, 2.75) is 12.1 Å². The predicted molar refractivity (Wildman–Crippen MR) is 126 cm³/mol. The molecule has 4 rings (SSSR count). The molecule has 4 aromatic rings. The highest BCUT2D eigenvalue weighted by Gasteiger charge is 2.15. The van der Waals surface area contributed by atoms with Crippen molar-refractivity contribution in [3.8, 4) is 11.4 Å². The number of phenolic OH excluding ortho intramolecular Hbond substituents is 1. The standard InChI is InChI=1S/C22H19N7O3S/c1-15-7-12-21(30)19(13-15)20(24-23-16-8-10-18(11-9-16)29(31)32)14-33-22-25-26-27-28(22)17-5-3-2-4-6-17/h2-13,23,30H,14H2,1H3/b24-20+. The molecule has 3 aromatic carbocycles. The Bertz CT molecular complexity index is 1290. The van der Waals surface area contributed by atoms with E-state index in [0.717, 1.165) is 11.3 Å². The van der Waals surface area contributed by atoms with E-state index in [2.05, 4.69) is 26.1 Å². The average molecular weight is 462 g/mol. The molecule has 0 saturated carbocycles. The number of aromatic hydroxyl groups is 1. The van der Waals surface area contributed by atoms with E-state index in [0.29, 0.717) is 27.9 Å². The molecule has 0 aliphatic carbocycles. The highest BCUT2D eigenvalue weighted by molar-refractivity contribution is 7.99. The summed E-state index contributed by atoms with van der Waals surface area (Å²) in [5.74, 6) is 0.442. The molecule has 2 N–H and O–H groups in total. The Hall–Kier alpha value is -4.25. The first-order chi connectivity index (χ1) is 16.0. The first kappa shape index (κ1) is 22.0. The van der Waals surface area contributed by atoms with Crippen LogP contribution < -0.4 is 5.43 Å². The number of aromatic nitrogens is 4. The van der Waals surface area contributed by atoms with E-state index in [9.17, 15) is 15.2 Å². The molecule has 0 aliphatic rings. The van der Waals surface area contributed by atoms with Crippen LogP contribution in [-0.2, 0) is 0 Å². The van der Waals surface area contributed by atoms with E-state index < -0.39 is 4.92 Å². The molecule has 0 amide bonds. The van der Waals surface area contributed by atoms with Gasteiger partial charge in [-0.2, -0.15) is 9.78 Å². The van der Waals surface area contributed by atoms with Crippen molar-refractivity contribution in [3.05, 3.63) is 94.0 Å². The maximum absolute atomic E-state index is 10.9. The average Bonchev–Trinajstić information content (AvgIpc) is 3.30. The Morgan fingerprint density at radius 2 is 1.91 bits per heavy atom. The molecule has 0 saturated heterocycles. The van der Waals surface area contributed by atoms with Gasteiger partial charge in [0.05, 0.1) is 22.0 Å². The van der Waals surface area contributed by atoms with E-state index in [1.807, 2.05) is 49.4 Å². The lowest BCUT2D eigenvalue weighted by molar-refractivity contribution is -0.384. The topological polar surface area (TPSA) is 131 Å². The summed E-state index contributed by atoms with van der Waals surface area (Å²) in [7, 11) is 0. The second-order valence-electron chi connectivity index (χ2n) is 6.99. The summed E-state index contributed by atoms with van der Waals surface area (Å²) in [4.78, 5) is 10.4. The van der Waals surface area contributed by atoms with Gasteiger partial charge in [0.25, 0.3) is 5.69 Å². The maximum Gasteiger partial charge on any atom is 0.269 e. The van der Waals surface area contributed by atoms with Crippen molar-refractivity contribution < 1.29 is 10.0 Å². The molecule has 1 aromatic heterocycles. The van der Waals surface area contributed by atoms with Crippen LogP contribution in [0.5, 0.6) is 5.75 Å². The van der Waals surface area contributed by atoms with Crippen molar-refractivity contribution in [1.82, 2.24) is 20.2 Å². The third-order valence-electron chi connectivity index (χ3n) is 4.64. The molecule has 0 radical (unpaired) electrons. The molecular weight excluding hydrogens is 442 g/mol. The van der Waals surface area contributed by atoms with E-state index in [-0.39, 0.29) is 11.4 Å². The number of nitro groups is 1. The maximum atomic E-state index is 10.9. The molecule has 1 heterocycles. The monoisotopic (exact) mass is 461 g/mol. The first-order valence-corrected chi connectivity index (χ1v) is 10.8. The zero-order chi connectivity index (χ0) is 23.2. The normalized spacial score (nSPS) is 11.4. The van der Waals surface area contributed by atoms with Crippen LogP contribution in [0.25, 0.3) is 5.69 Å². The van der Waals surface area contributed by atoms with E-state index in [1.165, 1.54) is 23.9 Å². The number of nitrogens with one attached hydrogen (secondary N) is 1. The van der Waals surface area contributed by atoms with Crippen LogP contribution in [0.2, 0.25) is 0 Å². The van der Waals surface area contributed by atoms with Crippen LogP contribution in [-0.4, -0.2) is 41.7 Å². The molecule has 0 atom stereocenters. The highest BCUT2D eigenvalue weighted by atomic mass is 32.2. The molecule has 0 aliphatic heterocycles. The summed E-state index contributed by atoms with van der Waals surface area (Å²) >= 11 is 1.36. The Morgan fingerprint density at radius 3 is 2.64 bits per heavy atom. The van der Waals surface area contributed by atoms with Gasteiger partial charge in [-0.15, -0.1) is 5.10 Å². The first-order valence-electron chi connectivity index (χ1n) is 9.85. The zero-order valence-electron chi connectivity index (χ0n) is 17.5. The lowest BCUT2D eigenvalue weighted by Crippen LogP contribution is -2.10. The number of phenols is 1. The zero-order valence-corrected chi connectivity index (χ0v) is 18.3. The third-order valence-corrected chi connectivity index (χ3v) is 5.57. The van der Waals surface area contributed by atoms with Gasteiger partial charge < -0.3 is 5.11 Å². The summed E-state index contributed by atoms with van der Waals surface area (Å²) in [6.07, 6.45) is 0. The Kier molecular flexibility index (Phi) is 6.60. The second-order valence-corrected chi connectivity index (χ2v) is 7.93. The Labute approximate surface area is 193 Å². The third kappa shape index (κ3) is 5.33. The molecule has 11 heteroatoms. The van der Waals surface area contributed by atoms with Gasteiger partial charge in [0.1, 0.15) is 5.75 Å². The number of aryl methyl sites for hydroxylation is 1. The summed E-state index contributed by atoms with van der Waals surface area (Å²) < 4.78 is 1.63. The largest absolute Gasteiger partial charge is 0.507 e. The number of hydrogen-bond donors (Lipinski definition) is 2. The number of benzene rings is 3. The molecule has 0 fully saturated rings. The number of para-hydroxylation sites is 1. The van der Waals surface area contributed by atoms with Crippen molar-refractivity contribution in [2.24, 2.45) is 5.10 Å². The molecule has 166 valence electrons. The summed E-state index contributed by atoms with van der Waals surface area (Å²) in [5.41, 5.74) is 6.39. The number of tetrazole rings is 1. The number of nitrogens with zero attached hydrogens (tertiary/aromatic N) is 6. The molecule has 0 unspecified atom stereocenters. The van der Waals surface area contributed by atoms with E-state index in [1.54, 1.807) is 22.9 Å². The fraction of sp³-hybridized carbons (Fsp3) is 0.0909. The van der Waals surface area contributed by atoms with Crippen LogP contribution in [0.1, 0.15) is 11.1 Å². The number of hydrogen-bond acceptors (Lipinski definition) is 9. The van der Waals surface area contributed by atoms with Gasteiger partial charge in [-0.1, -0.05) is 41.6 Å². The van der Waals surface area contributed by atoms with E-state index in [4.69, 9.17) is 0 Å². The molecular formula is C22H19N7O3S. The Morgan fingerprint density at radius 1 is 1.15 bits per heavy atom. The minimum Gasteiger partial charge on any atom is -0.507 e. The van der Waals surface area contributed by atoms with Crippen LogP contribution in [0.3, 0.4) is 0 Å². The van der Waals surface area contributed by atoms with Crippen molar-refractivity contribution in [3.63, 3.8) is 0 Å². The quantitative estimate of drug-likeness (QED) is 0.173. The molecule has 10 nitrogen and oxygen atoms in total. The van der Waals surface area contributed by atoms with Gasteiger partial charge >= 0.3 is 0 Å².